The number of anilines is 1. The van der Waals surface area contributed by atoms with E-state index in [1.807, 2.05) is 6.92 Å². The molecule has 2 unspecified atom stereocenters. The minimum Gasteiger partial charge on any atom is -0.366 e. The van der Waals surface area contributed by atoms with E-state index in [1.54, 1.807) is 36.2 Å². The number of nitrogens with zero attached hydrogens (tertiary/aromatic N) is 2. The number of nitrogens with one attached hydrogen (secondary N) is 2. The summed E-state index contributed by atoms with van der Waals surface area (Å²) in [5.74, 6) is -2.64. The molecule has 0 bridgehead atoms. The monoisotopic (exact) mass is 426 g/mol. The Morgan fingerprint density at radius 1 is 1.10 bits per heavy atom. The van der Waals surface area contributed by atoms with Crippen molar-refractivity contribution in [2.45, 2.75) is 25.6 Å². The van der Waals surface area contributed by atoms with Gasteiger partial charge in [0.1, 0.15) is 17.7 Å². The number of benzene rings is 2. The predicted octanol–water partition coefficient (Wildman–Crippen LogP) is 2.21. The van der Waals surface area contributed by atoms with Gasteiger partial charge in [-0.2, -0.15) is 0 Å². The fraction of sp³-hybridized carbons (Fsp3) is 0.227. The average molecular weight is 426 g/mol. The molecule has 2 atom stereocenters. The normalized spacial score (nSPS) is 20.3. The van der Waals surface area contributed by atoms with E-state index in [2.05, 4.69) is 10.6 Å². The minimum atomic E-state index is -0.878. The Morgan fingerprint density at radius 2 is 1.74 bits per heavy atom. The number of hydrogen-bond donors (Lipinski definition) is 2. The first-order valence-electron chi connectivity index (χ1n) is 9.64. The lowest BCUT2D eigenvalue weighted by atomic mass is 9.99. The summed E-state index contributed by atoms with van der Waals surface area (Å²) < 4.78 is 27.6. The first-order valence-corrected chi connectivity index (χ1v) is 9.64. The number of halogens is 2. The van der Waals surface area contributed by atoms with Crippen LogP contribution in [0.5, 0.6) is 0 Å². The van der Waals surface area contributed by atoms with Crippen LogP contribution in [0.15, 0.2) is 54.2 Å². The molecule has 31 heavy (non-hydrogen) atoms. The summed E-state index contributed by atoms with van der Waals surface area (Å²) in [5.41, 5.74) is 1.27. The van der Waals surface area contributed by atoms with Crippen LogP contribution in [0.4, 0.5) is 19.3 Å². The van der Waals surface area contributed by atoms with Crippen molar-refractivity contribution in [3.63, 3.8) is 0 Å². The molecule has 2 N–H and O–H groups in total. The largest absolute Gasteiger partial charge is 0.366 e. The second-order valence-electron chi connectivity index (χ2n) is 7.51. The van der Waals surface area contributed by atoms with Crippen LogP contribution in [-0.4, -0.2) is 41.9 Å². The smallest absolute Gasteiger partial charge is 0.329 e. The lowest BCUT2D eigenvalue weighted by Gasteiger charge is -2.37. The van der Waals surface area contributed by atoms with Crippen molar-refractivity contribution in [3.05, 3.63) is 77.0 Å². The molecule has 2 aliphatic rings. The second kappa shape index (κ2) is 7.82. The summed E-state index contributed by atoms with van der Waals surface area (Å²) in [5, 5.41) is 5.17. The molecule has 4 rings (SSSR count). The molecule has 0 aliphatic carbocycles. The van der Waals surface area contributed by atoms with E-state index in [-0.39, 0.29) is 17.7 Å². The van der Waals surface area contributed by atoms with Crippen LogP contribution in [-0.2, 0) is 16.1 Å². The molecular weight excluding hydrogens is 406 g/mol. The van der Waals surface area contributed by atoms with Gasteiger partial charge in [0.25, 0.3) is 11.8 Å². The Bertz CT molecular complexity index is 1080. The summed E-state index contributed by atoms with van der Waals surface area (Å²) in [7, 11) is 1.62. The van der Waals surface area contributed by atoms with E-state index in [9.17, 15) is 23.2 Å². The number of amides is 4. The summed E-state index contributed by atoms with van der Waals surface area (Å²) >= 11 is 0. The molecule has 2 aromatic carbocycles. The number of imide groups is 1. The van der Waals surface area contributed by atoms with Crippen molar-refractivity contribution in [2.24, 2.45) is 0 Å². The lowest BCUT2D eigenvalue weighted by molar-refractivity contribution is -0.122. The zero-order valence-corrected chi connectivity index (χ0v) is 16.9. The molecule has 0 spiro atoms. The zero-order valence-electron chi connectivity index (χ0n) is 16.9. The van der Waals surface area contributed by atoms with Gasteiger partial charge >= 0.3 is 6.03 Å². The highest BCUT2D eigenvalue weighted by Gasteiger charge is 2.49. The fourth-order valence-electron chi connectivity index (χ4n) is 3.80. The maximum Gasteiger partial charge on any atom is 0.329 e. The number of fused-ring (bicyclic) bond motifs is 1. The third-order valence-electron chi connectivity index (χ3n) is 5.43. The molecule has 0 radical (unpaired) electrons. The van der Waals surface area contributed by atoms with E-state index in [0.29, 0.717) is 5.69 Å². The molecule has 160 valence electrons. The second-order valence-corrected chi connectivity index (χ2v) is 7.51. The summed E-state index contributed by atoms with van der Waals surface area (Å²) in [6.07, 6.45) is 1.46. The van der Waals surface area contributed by atoms with Gasteiger partial charge in [-0.1, -0.05) is 23.8 Å². The number of hydrogen-bond acceptors (Lipinski definition) is 4. The SMILES string of the molecule is Cc1ccc(N2C(=O)NC3C(C(=O)NCc4c(F)cccc4F)=CN(C)C3C2=O)cc1. The van der Waals surface area contributed by atoms with Gasteiger partial charge in [-0.25, -0.2) is 18.5 Å². The van der Waals surface area contributed by atoms with Crippen LogP contribution in [0.2, 0.25) is 0 Å². The summed E-state index contributed by atoms with van der Waals surface area (Å²) in [6.45, 7) is 1.53. The van der Waals surface area contributed by atoms with Crippen LogP contribution < -0.4 is 15.5 Å². The number of carbonyl (C=O) groups is 3. The van der Waals surface area contributed by atoms with Crippen molar-refractivity contribution in [1.82, 2.24) is 15.5 Å². The highest BCUT2D eigenvalue weighted by Crippen LogP contribution is 2.29. The average Bonchev–Trinajstić information content (AvgIpc) is 3.05. The van der Waals surface area contributed by atoms with Crippen molar-refractivity contribution in [1.29, 1.82) is 0 Å². The molecule has 0 saturated carbocycles. The van der Waals surface area contributed by atoms with Crippen LogP contribution >= 0.6 is 0 Å². The molecule has 9 heteroatoms. The highest BCUT2D eigenvalue weighted by molar-refractivity contribution is 6.19. The summed E-state index contributed by atoms with van der Waals surface area (Å²) in [4.78, 5) is 41.1. The maximum atomic E-state index is 13.8. The van der Waals surface area contributed by atoms with Gasteiger partial charge in [0.05, 0.1) is 17.3 Å². The van der Waals surface area contributed by atoms with Gasteiger partial charge < -0.3 is 15.5 Å². The molecule has 7 nitrogen and oxygen atoms in total. The number of rotatable bonds is 4. The van der Waals surface area contributed by atoms with Gasteiger partial charge in [-0.15, -0.1) is 0 Å². The molecule has 1 fully saturated rings. The predicted molar refractivity (Wildman–Crippen MR) is 109 cm³/mol. The number of carbonyl (C=O) groups excluding carboxylic acids is 3. The highest BCUT2D eigenvalue weighted by atomic mass is 19.1. The fourth-order valence-corrected chi connectivity index (χ4v) is 3.80. The van der Waals surface area contributed by atoms with E-state index in [1.165, 1.54) is 12.3 Å². The van der Waals surface area contributed by atoms with Crippen molar-refractivity contribution >= 4 is 23.5 Å². The van der Waals surface area contributed by atoms with Crippen LogP contribution in [0.25, 0.3) is 0 Å². The van der Waals surface area contributed by atoms with E-state index in [0.717, 1.165) is 22.6 Å². The Labute approximate surface area is 177 Å². The maximum absolute atomic E-state index is 13.8. The van der Waals surface area contributed by atoms with Gasteiger partial charge in [-0.3, -0.25) is 9.59 Å². The number of likely N-dealkylation sites (N-methyl/N-ethyl adjacent to an activating group) is 1. The Balaban J connectivity index is 1.52. The summed E-state index contributed by atoms with van der Waals surface area (Å²) in [6, 6.07) is 8.02. The molecule has 2 aliphatic heterocycles. The number of urea groups is 1. The van der Waals surface area contributed by atoms with Crippen LogP contribution in [0, 0.1) is 18.6 Å². The molecular formula is C22H20F2N4O3. The van der Waals surface area contributed by atoms with E-state index < -0.39 is 41.6 Å². The molecule has 2 heterocycles. The molecule has 2 aromatic rings. The molecule has 1 saturated heterocycles. The van der Waals surface area contributed by atoms with Gasteiger partial charge in [0.15, 0.2) is 0 Å². The van der Waals surface area contributed by atoms with Crippen molar-refractivity contribution < 1.29 is 23.2 Å². The third kappa shape index (κ3) is 3.63. The lowest BCUT2D eigenvalue weighted by Crippen LogP contribution is -2.65. The van der Waals surface area contributed by atoms with E-state index >= 15 is 0 Å². The molecule has 0 aromatic heterocycles. The molecule has 4 amide bonds. The van der Waals surface area contributed by atoms with Crippen LogP contribution in [0.3, 0.4) is 0 Å². The van der Waals surface area contributed by atoms with Gasteiger partial charge in [0, 0.05) is 25.4 Å². The first kappa shape index (κ1) is 20.5. The Hall–Kier alpha value is -3.75. The Morgan fingerprint density at radius 3 is 2.39 bits per heavy atom. The topological polar surface area (TPSA) is 81.8 Å². The van der Waals surface area contributed by atoms with Crippen molar-refractivity contribution in [3.8, 4) is 0 Å². The third-order valence-corrected chi connectivity index (χ3v) is 5.43. The van der Waals surface area contributed by atoms with Gasteiger partial charge in [-0.05, 0) is 31.2 Å². The zero-order chi connectivity index (χ0) is 22.3. The van der Waals surface area contributed by atoms with Crippen molar-refractivity contribution in [2.75, 3.05) is 11.9 Å². The van der Waals surface area contributed by atoms with E-state index in [4.69, 9.17) is 0 Å². The van der Waals surface area contributed by atoms with Crippen LogP contribution in [0.1, 0.15) is 11.1 Å². The number of aryl methyl sites for hydroxylation is 1. The standard InChI is InChI=1S/C22H20F2N4O3/c1-12-6-8-13(9-7-12)28-21(30)19-18(26-22(28)31)15(11-27(19)2)20(29)25-10-14-16(23)4-3-5-17(14)24/h3-9,11,18-19H,10H2,1-2H3,(H,25,29)(H,26,31). The minimum absolute atomic E-state index is 0.134. The first-order chi connectivity index (χ1) is 14.8. The quantitative estimate of drug-likeness (QED) is 0.786. The van der Waals surface area contributed by atoms with Gasteiger partial charge in [0.2, 0.25) is 0 Å². The Kier molecular flexibility index (Phi) is 5.18.